The monoisotopic (exact) mass is 582 g/mol. The molecule has 2 aromatic carbocycles. The molecular weight excluding hydrogens is 553 g/mol. The number of alkyl halides is 3. The van der Waals surface area contributed by atoms with Gasteiger partial charge in [-0.05, 0) is 55.0 Å². The lowest BCUT2D eigenvalue weighted by molar-refractivity contribution is -0.148. The average Bonchev–Trinajstić information content (AvgIpc) is 3.07. The molecule has 9 nitrogen and oxygen atoms in total. The molecule has 0 radical (unpaired) electrons. The number of benzene rings is 2. The van der Waals surface area contributed by atoms with Crippen LogP contribution in [-0.4, -0.2) is 64.8 Å². The maximum Gasteiger partial charge on any atom is 0.418 e. The zero-order valence-corrected chi connectivity index (χ0v) is 22.5. The molecule has 2 aliphatic heterocycles. The quantitative estimate of drug-likeness (QED) is 0.382. The van der Waals surface area contributed by atoms with E-state index < -0.39 is 41.5 Å². The fourth-order valence-electron chi connectivity index (χ4n) is 5.30. The minimum Gasteiger partial charge on any atom is -0.478 e. The Morgan fingerprint density at radius 1 is 1.20 bits per heavy atom. The third-order valence-corrected chi connectivity index (χ3v) is 7.78. The number of amides is 3. The van der Waals surface area contributed by atoms with Gasteiger partial charge in [0.25, 0.3) is 0 Å². The lowest BCUT2D eigenvalue weighted by Crippen LogP contribution is -2.50. The SMILES string of the molecule is CCC(c1cc(Cl)c(N)c(C(F)(F)F)c1)[C@@H](OC(=O)N1CCC(N2CCc3ccccc3NC2=O)CC1)C(=O)O. The maximum absolute atomic E-state index is 13.5. The third kappa shape index (κ3) is 6.22. The highest BCUT2D eigenvalue weighted by molar-refractivity contribution is 6.33. The fraction of sp³-hybridized carbons (Fsp3) is 0.444. The Morgan fingerprint density at radius 3 is 2.50 bits per heavy atom. The van der Waals surface area contributed by atoms with Crippen molar-refractivity contribution in [2.45, 2.75) is 56.8 Å². The molecule has 0 spiro atoms. The van der Waals surface area contributed by atoms with E-state index in [1.807, 2.05) is 24.3 Å². The van der Waals surface area contributed by atoms with Crippen molar-refractivity contribution < 1.29 is 37.4 Å². The number of ether oxygens (including phenoxy) is 1. The van der Waals surface area contributed by atoms with Gasteiger partial charge in [-0.2, -0.15) is 13.2 Å². The van der Waals surface area contributed by atoms with E-state index in [1.165, 1.54) is 11.0 Å². The minimum absolute atomic E-state index is 0.0519. The Morgan fingerprint density at radius 2 is 1.88 bits per heavy atom. The van der Waals surface area contributed by atoms with Gasteiger partial charge in [0.2, 0.25) is 6.10 Å². The third-order valence-electron chi connectivity index (χ3n) is 7.47. The number of piperidine rings is 1. The fourth-order valence-corrected chi connectivity index (χ4v) is 5.53. The van der Waals surface area contributed by atoms with Gasteiger partial charge in [0, 0.05) is 37.3 Å². The van der Waals surface area contributed by atoms with Crippen molar-refractivity contribution in [3.05, 3.63) is 58.1 Å². The number of nitrogen functional groups attached to an aromatic ring is 1. The molecule has 2 aliphatic rings. The van der Waals surface area contributed by atoms with Gasteiger partial charge in [-0.15, -0.1) is 0 Å². The Bertz CT molecular complexity index is 1280. The Balaban J connectivity index is 1.43. The molecule has 1 unspecified atom stereocenters. The van der Waals surface area contributed by atoms with E-state index in [-0.39, 0.29) is 42.2 Å². The number of fused-ring (bicyclic) bond motifs is 1. The Kier molecular flexibility index (Phi) is 8.67. The Labute approximate surface area is 234 Å². The van der Waals surface area contributed by atoms with Gasteiger partial charge < -0.3 is 30.7 Å². The van der Waals surface area contributed by atoms with Gasteiger partial charge in [0.1, 0.15) is 0 Å². The number of nitrogens with one attached hydrogen (secondary N) is 1. The van der Waals surface area contributed by atoms with E-state index in [0.717, 1.165) is 17.3 Å². The molecule has 0 aliphatic carbocycles. The second kappa shape index (κ2) is 11.8. The average molecular weight is 583 g/mol. The topological polar surface area (TPSA) is 125 Å². The molecule has 13 heteroatoms. The van der Waals surface area contributed by atoms with Crippen LogP contribution in [0.4, 0.5) is 34.1 Å². The zero-order valence-electron chi connectivity index (χ0n) is 21.7. The lowest BCUT2D eigenvalue weighted by Gasteiger charge is -2.38. The first-order valence-electron chi connectivity index (χ1n) is 12.9. The number of likely N-dealkylation sites (tertiary alicyclic amines) is 1. The molecule has 0 aromatic heterocycles. The van der Waals surface area contributed by atoms with Crippen LogP contribution in [0.1, 0.15) is 48.8 Å². The van der Waals surface area contributed by atoms with Crippen LogP contribution in [0.25, 0.3) is 0 Å². The van der Waals surface area contributed by atoms with Crippen molar-refractivity contribution >= 4 is 41.1 Å². The predicted molar refractivity (Wildman–Crippen MR) is 142 cm³/mol. The van der Waals surface area contributed by atoms with E-state index in [0.29, 0.717) is 25.8 Å². The second-order valence-corrected chi connectivity index (χ2v) is 10.3. The summed E-state index contributed by atoms with van der Waals surface area (Å²) in [5.74, 6) is -2.61. The molecule has 4 rings (SSSR count). The number of aliphatic carboxylic acids is 1. The molecule has 40 heavy (non-hydrogen) atoms. The van der Waals surface area contributed by atoms with Gasteiger partial charge in [-0.25, -0.2) is 14.4 Å². The van der Waals surface area contributed by atoms with Crippen LogP contribution in [0, 0.1) is 0 Å². The summed E-state index contributed by atoms with van der Waals surface area (Å²) >= 11 is 5.94. The number of hydrogen-bond acceptors (Lipinski definition) is 5. The molecule has 1 saturated heterocycles. The van der Waals surface area contributed by atoms with Crippen LogP contribution >= 0.6 is 11.6 Å². The molecule has 216 valence electrons. The van der Waals surface area contributed by atoms with Crippen molar-refractivity contribution in [3.8, 4) is 0 Å². The van der Waals surface area contributed by atoms with Gasteiger partial charge in [-0.3, -0.25) is 0 Å². The van der Waals surface area contributed by atoms with E-state index in [2.05, 4.69) is 5.32 Å². The van der Waals surface area contributed by atoms with Crippen molar-refractivity contribution in [1.82, 2.24) is 9.80 Å². The van der Waals surface area contributed by atoms with Crippen molar-refractivity contribution in [2.24, 2.45) is 0 Å². The summed E-state index contributed by atoms with van der Waals surface area (Å²) in [5, 5.41) is 12.4. The van der Waals surface area contributed by atoms with E-state index in [9.17, 15) is 32.7 Å². The molecule has 2 atom stereocenters. The molecule has 1 fully saturated rings. The van der Waals surface area contributed by atoms with Gasteiger partial charge in [-0.1, -0.05) is 36.7 Å². The smallest absolute Gasteiger partial charge is 0.418 e. The van der Waals surface area contributed by atoms with Gasteiger partial charge in [0.15, 0.2) is 0 Å². The lowest BCUT2D eigenvalue weighted by atomic mass is 9.89. The van der Waals surface area contributed by atoms with Crippen molar-refractivity contribution in [1.29, 1.82) is 0 Å². The number of nitrogens with two attached hydrogens (primary N) is 1. The van der Waals surface area contributed by atoms with Crippen molar-refractivity contribution in [2.75, 3.05) is 30.7 Å². The van der Waals surface area contributed by atoms with Crippen LogP contribution < -0.4 is 11.1 Å². The van der Waals surface area contributed by atoms with Crippen LogP contribution in [-0.2, 0) is 22.1 Å². The van der Waals surface area contributed by atoms with Gasteiger partial charge >= 0.3 is 24.3 Å². The summed E-state index contributed by atoms with van der Waals surface area (Å²) in [6, 6.07) is 9.13. The highest BCUT2D eigenvalue weighted by atomic mass is 35.5. The maximum atomic E-state index is 13.5. The first-order valence-corrected chi connectivity index (χ1v) is 13.3. The summed E-state index contributed by atoms with van der Waals surface area (Å²) < 4.78 is 45.8. The second-order valence-electron chi connectivity index (χ2n) is 9.87. The first-order chi connectivity index (χ1) is 18.9. The number of nitrogens with zero attached hydrogens (tertiary/aromatic N) is 2. The number of carbonyl (C=O) groups excluding carboxylic acids is 2. The van der Waals surface area contributed by atoms with E-state index in [1.54, 1.807) is 11.8 Å². The number of urea groups is 1. The summed E-state index contributed by atoms with van der Waals surface area (Å²) in [7, 11) is 0. The van der Waals surface area contributed by atoms with Crippen LogP contribution in [0.3, 0.4) is 0 Å². The zero-order chi connectivity index (χ0) is 29.2. The Hall–Kier alpha value is -3.67. The molecule has 3 amide bonds. The molecule has 2 aromatic rings. The van der Waals surface area contributed by atoms with Gasteiger partial charge in [0.05, 0.1) is 16.3 Å². The minimum atomic E-state index is -4.81. The number of carboxylic acids is 1. The van der Waals surface area contributed by atoms with E-state index >= 15 is 0 Å². The number of para-hydroxylation sites is 1. The van der Waals surface area contributed by atoms with Crippen molar-refractivity contribution in [3.63, 3.8) is 0 Å². The number of rotatable bonds is 6. The summed E-state index contributed by atoms with van der Waals surface area (Å²) in [4.78, 5) is 41.0. The molecule has 2 heterocycles. The summed E-state index contributed by atoms with van der Waals surface area (Å²) in [6.45, 7) is 2.52. The highest BCUT2D eigenvalue weighted by Gasteiger charge is 2.39. The standard InChI is InChI=1S/C27H30ClF3N4O5/c1-2-18(16-13-19(27(29,30)31)22(32)20(28)14-16)23(24(36)37)40-26(39)34-10-8-17(9-11-34)35-12-7-15-5-3-4-6-21(15)33-25(35)38/h3-6,13-14,17-18,23H,2,7-12,32H2,1H3,(H,33,38)(H,36,37)/t18?,23-/m1/s1. The normalized spacial score (nSPS) is 17.9. The highest BCUT2D eigenvalue weighted by Crippen LogP contribution is 2.40. The van der Waals surface area contributed by atoms with Crippen LogP contribution in [0.2, 0.25) is 5.02 Å². The number of anilines is 2. The number of halogens is 4. The number of carbonyl (C=O) groups is 3. The molecular formula is C27H30ClF3N4O5. The number of hydrogen-bond donors (Lipinski definition) is 3. The largest absolute Gasteiger partial charge is 0.478 e. The summed E-state index contributed by atoms with van der Waals surface area (Å²) in [5.41, 5.74) is 5.41. The summed E-state index contributed by atoms with van der Waals surface area (Å²) in [6.07, 6.45) is -5.82. The first kappa shape index (κ1) is 29.3. The van der Waals surface area contributed by atoms with Crippen LogP contribution in [0.5, 0.6) is 0 Å². The molecule has 0 saturated carbocycles. The molecule has 0 bridgehead atoms. The van der Waals surface area contributed by atoms with E-state index in [4.69, 9.17) is 22.1 Å². The number of carboxylic acid groups (broad SMARTS) is 1. The van der Waals surface area contributed by atoms with Crippen LogP contribution in [0.15, 0.2) is 36.4 Å². The predicted octanol–water partition coefficient (Wildman–Crippen LogP) is 5.58. The molecule has 4 N–H and O–H groups in total.